The molecule has 0 atom stereocenters. The van der Waals surface area contributed by atoms with Crippen LogP contribution in [0.25, 0.3) is 0 Å². The molecule has 0 radical (unpaired) electrons. The number of nitrogens with one attached hydrogen (secondary N) is 2. The lowest BCUT2D eigenvalue weighted by Gasteiger charge is -2.11. The number of hydrogen-bond donors (Lipinski definition) is 2. The van der Waals surface area contributed by atoms with E-state index in [2.05, 4.69) is 20.6 Å². The van der Waals surface area contributed by atoms with Crippen molar-refractivity contribution in [1.82, 2.24) is 9.97 Å². The first-order chi connectivity index (χ1) is 13.6. The molecular weight excluding hydrogens is 363 g/mol. The highest BCUT2D eigenvalue weighted by atomic mass is 19.1. The topological polar surface area (TPSA) is 85.4 Å². The highest BCUT2D eigenvalue weighted by molar-refractivity contribution is 6.03. The molecule has 144 valence electrons. The maximum atomic E-state index is 13.6. The van der Waals surface area contributed by atoms with Crippen molar-refractivity contribution >= 4 is 17.4 Å². The zero-order valence-electron chi connectivity index (χ0n) is 15.4. The van der Waals surface area contributed by atoms with Crippen LogP contribution in [0.5, 0.6) is 11.5 Å². The van der Waals surface area contributed by atoms with Gasteiger partial charge in [0, 0.05) is 18.2 Å². The van der Waals surface area contributed by atoms with Crippen LogP contribution < -0.4 is 20.1 Å². The lowest BCUT2D eigenvalue weighted by atomic mass is 10.2. The van der Waals surface area contributed by atoms with Crippen LogP contribution in [-0.4, -0.2) is 30.1 Å². The Morgan fingerprint density at radius 1 is 1.07 bits per heavy atom. The van der Waals surface area contributed by atoms with Crippen molar-refractivity contribution < 1.29 is 18.7 Å². The van der Waals surface area contributed by atoms with Crippen LogP contribution >= 0.6 is 0 Å². The first-order valence-electron chi connectivity index (χ1n) is 8.43. The number of halogens is 1. The van der Waals surface area contributed by atoms with Crippen molar-refractivity contribution in [3.05, 3.63) is 71.9 Å². The fourth-order valence-corrected chi connectivity index (χ4v) is 2.45. The van der Waals surface area contributed by atoms with Gasteiger partial charge in [0.05, 0.1) is 32.3 Å². The van der Waals surface area contributed by atoms with Crippen molar-refractivity contribution in [2.45, 2.75) is 6.54 Å². The Kier molecular flexibility index (Phi) is 6.01. The zero-order valence-corrected chi connectivity index (χ0v) is 15.4. The van der Waals surface area contributed by atoms with Crippen LogP contribution in [0.3, 0.4) is 0 Å². The highest BCUT2D eigenvalue weighted by Crippen LogP contribution is 2.29. The van der Waals surface area contributed by atoms with E-state index in [0.29, 0.717) is 28.6 Å². The number of hydrogen-bond acceptors (Lipinski definition) is 6. The normalized spacial score (nSPS) is 10.2. The van der Waals surface area contributed by atoms with E-state index in [1.165, 1.54) is 25.6 Å². The minimum Gasteiger partial charge on any atom is -0.497 e. The summed E-state index contributed by atoms with van der Waals surface area (Å²) in [6.07, 6.45) is 2.76. The molecule has 1 amide bonds. The summed E-state index contributed by atoms with van der Waals surface area (Å²) < 4.78 is 24.0. The fourth-order valence-electron chi connectivity index (χ4n) is 2.45. The van der Waals surface area contributed by atoms with E-state index in [0.717, 1.165) is 0 Å². The molecule has 0 saturated heterocycles. The Morgan fingerprint density at radius 3 is 2.57 bits per heavy atom. The molecule has 0 saturated carbocycles. The van der Waals surface area contributed by atoms with Crippen molar-refractivity contribution in [2.24, 2.45) is 0 Å². The molecule has 28 heavy (non-hydrogen) atoms. The summed E-state index contributed by atoms with van der Waals surface area (Å²) in [7, 11) is 3.05. The first-order valence-corrected chi connectivity index (χ1v) is 8.43. The third kappa shape index (κ3) is 4.53. The zero-order chi connectivity index (χ0) is 19.9. The van der Waals surface area contributed by atoms with Gasteiger partial charge in [-0.3, -0.25) is 4.79 Å². The predicted molar refractivity (Wildman–Crippen MR) is 103 cm³/mol. The number of rotatable bonds is 7. The van der Waals surface area contributed by atoms with Gasteiger partial charge in [0.2, 0.25) is 0 Å². The number of aromatic nitrogens is 2. The molecule has 0 aliphatic heterocycles. The minimum absolute atomic E-state index is 0.134. The number of methoxy groups -OCH3 is 2. The average molecular weight is 382 g/mol. The molecule has 0 bridgehead atoms. The van der Waals surface area contributed by atoms with Gasteiger partial charge >= 0.3 is 0 Å². The molecular formula is C20H19FN4O3. The van der Waals surface area contributed by atoms with Crippen LogP contribution in [0.15, 0.2) is 54.9 Å². The molecule has 1 aromatic heterocycles. The summed E-state index contributed by atoms with van der Waals surface area (Å²) in [6.45, 7) is 0.260. The summed E-state index contributed by atoms with van der Waals surface area (Å²) in [6, 6.07) is 11.5. The molecule has 1 heterocycles. The van der Waals surface area contributed by atoms with E-state index in [1.54, 1.807) is 43.5 Å². The van der Waals surface area contributed by atoms with Crippen molar-refractivity contribution in [1.29, 1.82) is 0 Å². The molecule has 8 heteroatoms. The van der Waals surface area contributed by atoms with E-state index in [9.17, 15) is 9.18 Å². The second-order valence-corrected chi connectivity index (χ2v) is 5.75. The van der Waals surface area contributed by atoms with Crippen molar-refractivity contribution in [2.75, 3.05) is 24.9 Å². The van der Waals surface area contributed by atoms with E-state index >= 15 is 0 Å². The smallest absolute Gasteiger partial charge is 0.275 e. The molecule has 0 unspecified atom stereocenters. The summed E-state index contributed by atoms with van der Waals surface area (Å²) in [5, 5.41) is 5.69. The van der Waals surface area contributed by atoms with Gasteiger partial charge in [0.25, 0.3) is 5.91 Å². The van der Waals surface area contributed by atoms with Crippen molar-refractivity contribution in [3.8, 4) is 11.5 Å². The Labute approximate surface area is 161 Å². The van der Waals surface area contributed by atoms with Gasteiger partial charge in [-0.05, 0) is 18.2 Å². The molecule has 0 aliphatic carbocycles. The first kappa shape index (κ1) is 19.1. The Bertz CT molecular complexity index is 964. The van der Waals surface area contributed by atoms with Gasteiger partial charge in [-0.2, -0.15) is 0 Å². The number of nitrogens with zero attached hydrogens (tertiary/aromatic N) is 2. The summed E-state index contributed by atoms with van der Waals surface area (Å²) in [4.78, 5) is 20.7. The number of benzene rings is 2. The SMILES string of the molecule is COc1ccc(NC(=O)c2cnc(NCc3ccccc3F)cn2)c(OC)c1. The number of carbonyl (C=O) groups excluding carboxylic acids is 1. The molecule has 2 N–H and O–H groups in total. The van der Waals surface area contributed by atoms with Crippen LogP contribution in [-0.2, 0) is 6.54 Å². The monoisotopic (exact) mass is 382 g/mol. The standard InChI is InChI=1S/C20H19FN4O3/c1-27-14-7-8-16(18(9-14)28-2)25-20(26)17-11-24-19(12-22-17)23-10-13-5-3-4-6-15(13)21/h3-9,11-12H,10H2,1-2H3,(H,23,24)(H,25,26). The maximum absolute atomic E-state index is 13.6. The third-order valence-corrected chi connectivity index (χ3v) is 3.96. The van der Waals surface area contributed by atoms with Gasteiger partial charge in [-0.1, -0.05) is 18.2 Å². The van der Waals surface area contributed by atoms with E-state index < -0.39 is 5.91 Å². The number of carbonyl (C=O) groups is 1. The van der Waals surface area contributed by atoms with Crippen LogP contribution in [0.1, 0.15) is 16.1 Å². The largest absolute Gasteiger partial charge is 0.497 e. The van der Waals surface area contributed by atoms with Gasteiger partial charge < -0.3 is 20.1 Å². The molecule has 7 nitrogen and oxygen atoms in total. The highest BCUT2D eigenvalue weighted by Gasteiger charge is 2.12. The Hall–Kier alpha value is -3.68. The van der Waals surface area contributed by atoms with E-state index in [-0.39, 0.29) is 18.1 Å². The second-order valence-electron chi connectivity index (χ2n) is 5.75. The fraction of sp³-hybridized carbons (Fsp3) is 0.150. The third-order valence-electron chi connectivity index (χ3n) is 3.96. The lowest BCUT2D eigenvalue weighted by Crippen LogP contribution is -2.15. The maximum Gasteiger partial charge on any atom is 0.275 e. The van der Waals surface area contributed by atoms with Gasteiger partial charge in [0.15, 0.2) is 0 Å². The van der Waals surface area contributed by atoms with Crippen molar-refractivity contribution in [3.63, 3.8) is 0 Å². The Morgan fingerprint density at radius 2 is 1.89 bits per heavy atom. The molecule has 0 spiro atoms. The Balaban J connectivity index is 1.64. The van der Waals surface area contributed by atoms with Gasteiger partial charge in [-0.15, -0.1) is 0 Å². The number of anilines is 2. The summed E-state index contributed by atoms with van der Waals surface area (Å²) >= 11 is 0. The molecule has 3 aromatic rings. The van der Waals surface area contributed by atoms with E-state index in [4.69, 9.17) is 9.47 Å². The lowest BCUT2D eigenvalue weighted by molar-refractivity contribution is 0.102. The van der Waals surface area contributed by atoms with Crippen LogP contribution in [0.4, 0.5) is 15.9 Å². The summed E-state index contributed by atoms with van der Waals surface area (Å²) in [5.74, 6) is 0.773. The molecule has 0 aliphatic rings. The van der Waals surface area contributed by atoms with E-state index in [1.807, 2.05) is 0 Å². The second kappa shape index (κ2) is 8.81. The van der Waals surface area contributed by atoms with Crippen LogP contribution in [0.2, 0.25) is 0 Å². The average Bonchev–Trinajstić information content (AvgIpc) is 2.73. The number of amides is 1. The minimum atomic E-state index is -0.434. The molecule has 0 fully saturated rings. The van der Waals surface area contributed by atoms with Gasteiger partial charge in [-0.25, -0.2) is 14.4 Å². The predicted octanol–water partition coefficient (Wildman–Crippen LogP) is 3.50. The molecule has 3 rings (SSSR count). The molecule has 2 aromatic carbocycles. The van der Waals surface area contributed by atoms with Gasteiger partial charge in [0.1, 0.15) is 28.8 Å². The number of ether oxygens (including phenoxy) is 2. The van der Waals surface area contributed by atoms with Crippen LogP contribution in [0, 0.1) is 5.82 Å². The quantitative estimate of drug-likeness (QED) is 0.651. The summed E-state index contributed by atoms with van der Waals surface area (Å²) in [5.41, 5.74) is 1.13.